The van der Waals surface area contributed by atoms with E-state index in [-0.39, 0.29) is 5.91 Å². The third-order valence-corrected chi connectivity index (χ3v) is 5.56. The van der Waals surface area contributed by atoms with E-state index >= 15 is 0 Å². The zero-order chi connectivity index (χ0) is 22.5. The molecule has 0 radical (unpaired) electrons. The Hall–Kier alpha value is -3.77. The van der Waals surface area contributed by atoms with Crippen molar-refractivity contribution >= 4 is 44.8 Å². The minimum atomic E-state index is -0.462. The largest absolute Gasteiger partial charge is 0.422 e. The van der Waals surface area contributed by atoms with Gasteiger partial charge in [-0.3, -0.25) is 4.79 Å². The second-order valence-corrected chi connectivity index (χ2v) is 7.99. The fourth-order valence-electron chi connectivity index (χ4n) is 3.29. The summed E-state index contributed by atoms with van der Waals surface area (Å²) in [5.41, 5.74) is 5.02. The van der Waals surface area contributed by atoms with Crippen LogP contribution in [0.3, 0.4) is 0 Å². The van der Waals surface area contributed by atoms with Gasteiger partial charge in [-0.05, 0) is 64.0 Å². The molecule has 4 rings (SSSR count). The van der Waals surface area contributed by atoms with Gasteiger partial charge in [0.05, 0.1) is 17.3 Å². The molecule has 4 aromatic carbocycles. The van der Waals surface area contributed by atoms with Crippen molar-refractivity contribution in [1.29, 1.82) is 0 Å². The third kappa shape index (κ3) is 4.76. The Morgan fingerprint density at radius 2 is 1.72 bits per heavy atom. The van der Waals surface area contributed by atoms with Crippen LogP contribution in [0.4, 0.5) is 0 Å². The fraction of sp³-hybridized carbons (Fsp3) is 0.0385. The standard InChI is InChI=1S/C26H19BrN2O3/c1-17-7-6-9-19(15-17)26(31)32-24-14-13-18-8-2-3-10-20(18)22(24)16-28-29-25(30)21-11-4-5-12-23(21)27/h2-16H,1H3,(H,29,30). The van der Waals surface area contributed by atoms with Gasteiger partial charge in [-0.1, -0.05) is 60.2 Å². The number of fused-ring (bicyclic) bond motifs is 1. The number of carbonyl (C=O) groups excluding carboxylic acids is 2. The highest BCUT2D eigenvalue weighted by atomic mass is 79.9. The van der Waals surface area contributed by atoms with Crippen LogP contribution in [0, 0.1) is 6.92 Å². The first kappa shape index (κ1) is 21.5. The molecule has 0 saturated heterocycles. The van der Waals surface area contributed by atoms with Gasteiger partial charge >= 0.3 is 5.97 Å². The molecule has 0 fully saturated rings. The Kier molecular flexibility index (Phi) is 6.42. The number of ether oxygens (including phenoxy) is 1. The number of halogens is 1. The van der Waals surface area contributed by atoms with Gasteiger partial charge in [0.1, 0.15) is 5.75 Å². The number of hydrogen-bond acceptors (Lipinski definition) is 4. The SMILES string of the molecule is Cc1cccc(C(=O)Oc2ccc3ccccc3c2C=NNC(=O)c2ccccc2Br)c1. The van der Waals surface area contributed by atoms with E-state index in [0.717, 1.165) is 16.3 Å². The Balaban J connectivity index is 1.64. The van der Waals surface area contributed by atoms with Gasteiger partial charge in [0.25, 0.3) is 5.91 Å². The molecule has 4 aromatic rings. The predicted molar refractivity (Wildman–Crippen MR) is 129 cm³/mol. The Morgan fingerprint density at radius 1 is 0.938 bits per heavy atom. The molecule has 5 nitrogen and oxygen atoms in total. The molecule has 0 atom stereocenters. The smallest absolute Gasteiger partial charge is 0.343 e. The number of nitrogens with one attached hydrogen (secondary N) is 1. The molecule has 1 N–H and O–H groups in total. The number of aryl methyl sites for hydroxylation is 1. The molecule has 1 amide bonds. The molecule has 0 unspecified atom stereocenters. The Morgan fingerprint density at radius 3 is 2.53 bits per heavy atom. The lowest BCUT2D eigenvalue weighted by atomic mass is 10.0. The van der Waals surface area contributed by atoms with Crippen molar-refractivity contribution in [2.45, 2.75) is 6.92 Å². The number of carbonyl (C=O) groups is 2. The molecule has 0 heterocycles. The van der Waals surface area contributed by atoms with Crippen LogP contribution in [0.5, 0.6) is 5.75 Å². The summed E-state index contributed by atoms with van der Waals surface area (Å²) in [6.07, 6.45) is 1.50. The number of hydrazone groups is 1. The predicted octanol–water partition coefficient (Wildman–Crippen LogP) is 5.89. The van der Waals surface area contributed by atoms with Crippen LogP contribution in [0.2, 0.25) is 0 Å². The van der Waals surface area contributed by atoms with Gasteiger partial charge < -0.3 is 4.74 Å². The van der Waals surface area contributed by atoms with E-state index in [0.29, 0.717) is 26.9 Å². The van der Waals surface area contributed by atoms with Crippen molar-refractivity contribution in [3.8, 4) is 5.75 Å². The number of rotatable bonds is 5. The average Bonchev–Trinajstić information content (AvgIpc) is 2.80. The highest BCUT2D eigenvalue weighted by Crippen LogP contribution is 2.27. The van der Waals surface area contributed by atoms with Crippen LogP contribution >= 0.6 is 15.9 Å². The van der Waals surface area contributed by atoms with Gasteiger partial charge in [-0.15, -0.1) is 0 Å². The molecule has 0 bridgehead atoms. The monoisotopic (exact) mass is 486 g/mol. The fourth-order valence-corrected chi connectivity index (χ4v) is 3.75. The summed E-state index contributed by atoms with van der Waals surface area (Å²) in [5, 5.41) is 5.94. The van der Waals surface area contributed by atoms with Gasteiger partial charge in [0.15, 0.2) is 0 Å². The van der Waals surface area contributed by atoms with E-state index in [1.54, 1.807) is 36.4 Å². The summed E-state index contributed by atoms with van der Waals surface area (Å²) in [5.74, 6) is -0.461. The van der Waals surface area contributed by atoms with E-state index < -0.39 is 5.97 Å². The third-order valence-electron chi connectivity index (χ3n) is 4.87. The number of hydrogen-bond donors (Lipinski definition) is 1. The molecular formula is C26H19BrN2O3. The molecule has 0 saturated carbocycles. The second-order valence-electron chi connectivity index (χ2n) is 7.14. The molecule has 158 valence electrons. The first-order valence-electron chi connectivity index (χ1n) is 9.91. The van der Waals surface area contributed by atoms with E-state index in [9.17, 15) is 9.59 Å². The summed E-state index contributed by atoms with van der Waals surface area (Å²) in [6, 6.07) is 25.6. The van der Waals surface area contributed by atoms with Gasteiger partial charge in [-0.25, -0.2) is 10.2 Å². The number of benzene rings is 4. The molecule has 0 aliphatic carbocycles. The number of esters is 1. The lowest BCUT2D eigenvalue weighted by molar-refractivity contribution is 0.0734. The molecule has 0 aromatic heterocycles. The second kappa shape index (κ2) is 9.58. The van der Waals surface area contributed by atoms with Crippen molar-refractivity contribution in [3.63, 3.8) is 0 Å². The van der Waals surface area contributed by atoms with Gasteiger partial charge in [-0.2, -0.15) is 5.10 Å². The van der Waals surface area contributed by atoms with Crippen LogP contribution in [0.1, 0.15) is 31.8 Å². The summed E-state index contributed by atoms with van der Waals surface area (Å²) in [6.45, 7) is 1.92. The van der Waals surface area contributed by atoms with Gasteiger partial charge in [0, 0.05) is 10.0 Å². The van der Waals surface area contributed by atoms with Crippen molar-refractivity contribution in [3.05, 3.63) is 112 Å². The van der Waals surface area contributed by atoms with E-state index in [2.05, 4.69) is 26.5 Å². The topological polar surface area (TPSA) is 67.8 Å². The Bertz CT molecular complexity index is 1350. The molecule has 0 aliphatic rings. The Labute approximate surface area is 193 Å². The minimum Gasteiger partial charge on any atom is -0.422 e. The molecule has 0 spiro atoms. The van der Waals surface area contributed by atoms with Crippen molar-refractivity contribution in [2.75, 3.05) is 0 Å². The first-order valence-corrected chi connectivity index (χ1v) is 10.7. The lowest BCUT2D eigenvalue weighted by Gasteiger charge is -2.11. The molecule has 6 heteroatoms. The summed E-state index contributed by atoms with van der Waals surface area (Å²) in [7, 11) is 0. The normalized spacial score (nSPS) is 10.9. The highest BCUT2D eigenvalue weighted by Gasteiger charge is 2.14. The highest BCUT2D eigenvalue weighted by molar-refractivity contribution is 9.10. The molecule has 0 aliphatic heterocycles. The summed E-state index contributed by atoms with van der Waals surface area (Å²) < 4.78 is 6.38. The summed E-state index contributed by atoms with van der Waals surface area (Å²) >= 11 is 3.36. The average molecular weight is 487 g/mol. The maximum Gasteiger partial charge on any atom is 0.343 e. The van der Waals surface area contributed by atoms with Crippen LogP contribution in [-0.4, -0.2) is 18.1 Å². The van der Waals surface area contributed by atoms with Crippen molar-refractivity contribution < 1.29 is 14.3 Å². The summed E-state index contributed by atoms with van der Waals surface area (Å²) in [4.78, 5) is 25.2. The molecule has 32 heavy (non-hydrogen) atoms. The zero-order valence-corrected chi connectivity index (χ0v) is 18.8. The van der Waals surface area contributed by atoms with E-state index in [1.807, 2.05) is 55.5 Å². The van der Waals surface area contributed by atoms with Crippen LogP contribution < -0.4 is 10.2 Å². The maximum absolute atomic E-state index is 12.7. The van der Waals surface area contributed by atoms with Crippen molar-refractivity contribution in [1.82, 2.24) is 5.43 Å². The van der Waals surface area contributed by atoms with Crippen molar-refractivity contribution in [2.24, 2.45) is 5.10 Å². The number of nitrogens with zero attached hydrogens (tertiary/aromatic N) is 1. The minimum absolute atomic E-state index is 0.354. The maximum atomic E-state index is 12.7. The van der Waals surface area contributed by atoms with E-state index in [4.69, 9.17) is 4.74 Å². The van der Waals surface area contributed by atoms with Gasteiger partial charge in [0.2, 0.25) is 0 Å². The molecular weight excluding hydrogens is 468 g/mol. The first-order chi connectivity index (χ1) is 15.5. The lowest BCUT2D eigenvalue weighted by Crippen LogP contribution is -2.18. The quantitative estimate of drug-likeness (QED) is 0.165. The zero-order valence-electron chi connectivity index (χ0n) is 17.2. The van der Waals surface area contributed by atoms with Crippen LogP contribution in [0.15, 0.2) is 94.5 Å². The van der Waals surface area contributed by atoms with Crippen LogP contribution in [0.25, 0.3) is 10.8 Å². The number of amides is 1. The van der Waals surface area contributed by atoms with E-state index in [1.165, 1.54) is 6.21 Å². The van der Waals surface area contributed by atoms with Crippen LogP contribution in [-0.2, 0) is 0 Å².